The Labute approximate surface area is 677 Å². The van der Waals surface area contributed by atoms with Crippen LogP contribution >= 0.6 is 0 Å². The highest BCUT2D eigenvalue weighted by molar-refractivity contribution is 6.01. The second-order valence-electron chi connectivity index (χ2n) is 30.0. The summed E-state index contributed by atoms with van der Waals surface area (Å²) in [6, 6.07) is -2.78. The smallest absolute Gasteiger partial charge is 0.326 e. The first kappa shape index (κ1) is 99.3. The van der Waals surface area contributed by atoms with E-state index in [0.29, 0.717) is 17.5 Å². The summed E-state index contributed by atoms with van der Waals surface area (Å²) in [5.41, 5.74) is 34.4. The van der Waals surface area contributed by atoms with E-state index in [0.717, 1.165) is 4.90 Å². The number of guanidine groups is 1. The molecule has 2 aromatic rings. The summed E-state index contributed by atoms with van der Waals surface area (Å²) in [5, 5.41) is 58.9. The molecule has 0 bridgehead atoms. The number of nitrogens with one attached hydrogen (secondary N) is 12. The number of aliphatic carboxylic acids is 3. The minimum absolute atomic E-state index is 0.0133. The number of nitrogens with two attached hydrogens (primary N) is 6. The molecule has 1 aliphatic heterocycles. The molecule has 0 radical (unpaired) electrons. The molecule has 1 fully saturated rings. The van der Waals surface area contributed by atoms with E-state index in [-0.39, 0.29) is 127 Å². The fourth-order valence-electron chi connectivity index (χ4n) is 12.4. The summed E-state index contributed by atoms with van der Waals surface area (Å²) in [5.74, 6) is -19.6. The van der Waals surface area contributed by atoms with E-state index >= 15 is 0 Å². The molecule has 15 amide bonds. The van der Waals surface area contributed by atoms with E-state index in [9.17, 15) is 96.5 Å². The number of hydrogen-bond donors (Lipinski definition) is 21. The molecule has 0 spiro atoms. The number of nitrogens with zero attached hydrogens (tertiary/aromatic N) is 2. The van der Waals surface area contributed by atoms with Gasteiger partial charge in [-0.1, -0.05) is 102 Å². The quantitative estimate of drug-likeness (QED) is 0.0168. The summed E-state index contributed by atoms with van der Waals surface area (Å²) in [4.78, 5) is 248. The number of benzene rings is 2. The van der Waals surface area contributed by atoms with Gasteiger partial charge in [-0.15, -0.1) is 0 Å². The van der Waals surface area contributed by atoms with Gasteiger partial charge in [0.05, 0.1) is 25.4 Å². The van der Waals surface area contributed by atoms with Crippen LogP contribution in [0.3, 0.4) is 0 Å². The van der Waals surface area contributed by atoms with Crippen molar-refractivity contribution in [3.63, 3.8) is 0 Å². The number of carbonyl (C=O) groups is 18. The predicted octanol–water partition coefficient (Wildman–Crippen LogP) is -4.86. The van der Waals surface area contributed by atoms with Crippen LogP contribution < -0.4 is 98.2 Å². The van der Waals surface area contributed by atoms with Gasteiger partial charge in [0.15, 0.2) is 5.96 Å². The lowest BCUT2D eigenvalue weighted by Gasteiger charge is -2.31. The lowest BCUT2D eigenvalue weighted by atomic mass is 9.98. The van der Waals surface area contributed by atoms with E-state index < -0.39 is 217 Å². The van der Waals surface area contributed by atoms with Gasteiger partial charge in [-0.25, -0.2) is 4.79 Å². The highest BCUT2D eigenvalue weighted by Crippen LogP contribution is 2.22. The molecule has 3 rings (SSSR count). The Morgan fingerprint density at radius 2 is 0.838 bits per heavy atom. The van der Waals surface area contributed by atoms with Crippen molar-refractivity contribution in [1.29, 1.82) is 0 Å². The van der Waals surface area contributed by atoms with Crippen LogP contribution in [0.15, 0.2) is 65.7 Å². The fraction of sp³-hybridized carbons (Fsp3) is 0.592. The first-order valence-corrected chi connectivity index (χ1v) is 38.8. The highest BCUT2D eigenvalue weighted by atomic mass is 16.4. The number of primary amides is 2. The standard InChI is InChI=1S/C76H118N20O21/c1-40(2)32-51(90-64(105)46(78)37-61(100)101)69(110)94-55(38-62(102)103)72(113)88-49(25-27-58(79)97)67(108)95-56(36-45-20-12-9-13-21-45)74(115)96-31-17-24-57(96)73(114)85-43(7)63(104)84-39-60(99)86-47(23-16-30-83-76(81)82)65(106)87-48(22-14-15-29-77)66(107)93-54(35-44-18-10-8-11-19-44)71(112)92-53(34-42(5)6)70(111)91-52(33-41(3)4)68(109)89-50(75(116)117)26-28-59(80)98/h8-13,18-21,40-43,46-57H,14-17,22-39,77-78H2,1-7H3,(H2,79,97)(H2,80,98)(H,84,104)(H,85,114)(H,86,99)(H,87,106)(H,88,113)(H,89,109)(H,90,105)(H,91,111)(H,92,112)(H,93,107)(H,94,110)(H,95,108)(H,100,101)(H,102,103)(H,116,117)(H4,81,82,83)/t43-,46-,47-,48-,49-,50-,51-,52-,53-,54-,55-,56-,57-/m0/s1. The van der Waals surface area contributed by atoms with Crippen LogP contribution in [-0.4, -0.2) is 237 Å². The minimum Gasteiger partial charge on any atom is -0.481 e. The predicted molar refractivity (Wildman–Crippen MR) is 423 cm³/mol. The maximum absolute atomic E-state index is 14.8. The maximum Gasteiger partial charge on any atom is 0.326 e. The molecule has 27 N–H and O–H groups in total. The number of rotatable bonds is 54. The van der Waals surface area contributed by atoms with Crippen LogP contribution in [0.25, 0.3) is 0 Å². The van der Waals surface area contributed by atoms with E-state index in [1.807, 2.05) is 0 Å². The van der Waals surface area contributed by atoms with Gasteiger partial charge in [0.25, 0.3) is 0 Å². The van der Waals surface area contributed by atoms with Gasteiger partial charge < -0.3 is 118 Å². The number of hydrogen-bond acceptors (Lipinski definition) is 21. The van der Waals surface area contributed by atoms with E-state index in [4.69, 9.17) is 39.5 Å². The molecule has 1 heterocycles. The van der Waals surface area contributed by atoms with Gasteiger partial charge in [0.1, 0.15) is 72.5 Å². The Morgan fingerprint density at radius 3 is 1.30 bits per heavy atom. The maximum atomic E-state index is 14.8. The molecule has 648 valence electrons. The van der Waals surface area contributed by atoms with Crippen molar-refractivity contribution < 1.29 is 102 Å². The van der Waals surface area contributed by atoms with Crippen molar-refractivity contribution in [2.24, 2.45) is 57.1 Å². The van der Waals surface area contributed by atoms with Crippen molar-refractivity contribution in [3.05, 3.63) is 71.8 Å². The third-order valence-electron chi connectivity index (χ3n) is 18.4. The van der Waals surface area contributed by atoms with Crippen LogP contribution in [0.1, 0.15) is 162 Å². The highest BCUT2D eigenvalue weighted by Gasteiger charge is 2.41. The molecule has 2 aromatic carbocycles. The summed E-state index contributed by atoms with van der Waals surface area (Å²) in [7, 11) is 0. The van der Waals surface area contributed by atoms with Gasteiger partial charge >= 0.3 is 17.9 Å². The van der Waals surface area contributed by atoms with Crippen LogP contribution in [-0.2, 0) is 99.1 Å². The average molecular weight is 1650 g/mol. The number of carbonyl (C=O) groups excluding carboxylic acids is 15. The van der Waals surface area contributed by atoms with Gasteiger partial charge in [0, 0.05) is 38.8 Å². The van der Waals surface area contributed by atoms with E-state index in [1.54, 1.807) is 102 Å². The fourth-order valence-corrected chi connectivity index (χ4v) is 12.4. The van der Waals surface area contributed by atoms with Crippen molar-refractivity contribution in [3.8, 4) is 0 Å². The first-order valence-electron chi connectivity index (χ1n) is 38.8. The third-order valence-corrected chi connectivity index (χ3v) is 18.4. The molecule has 0 saturated carbocycles. The molecule has 117 heavy (non-hydrogen) atoms. The van der Waals surface area contributed by atoms with Gasteiger partial charge in [-0.3, -0.25) is 86.5 Å². The normalized spacial score (nSPS) is 15.5. The number of likely N-dealkylation sites (tertiary alicyclic amines) is 1. The van der Waals surface area contributed by atoms with Gasteiger partial charge in [-0.2, -0.15) is 0 Å². The van der Waals surface area contributed by atoms with Gasteiger partial charge in [0.2, 0.25) is 88.6 Å². The SMILES string of the molecule is CC(C)C[C@H](NC(=O)[C@H](CC(C)C)NC(=O)[C@H](Cc1ccccc1)NC(=O)[C@H](CCCCN)NC(=O)[C@H](CCCN=C(N)N)NC(=O)CNC(=O)[C@H](C)NC(=O)[C@@H]1CCCN1C(=O)[C@H](Cc1ccccc1)NC(=O)[C@H](CCC(N)=O)NC(=O)[C@H](CC(=O)O)NC(=O)[C@H](CC(C)C)NC(=O)[C@@H](N)CC(=O)O)C(=O)N[C@@H](CCC(N)=O)C(=O)O. The van der Waals surface area contributed by atoms with Crippen molar-refractivity contribution in [2.45, 2.75) is 243 Å². The molecule has 13 atom stereocenters. The zero-order valence-electron chi connectivity index (χ0n) is 67.1. The summed E-state index contributed by atoms with van der Waals surface area (Å²) in [6.45, 7) is 11.0. The molecule has 0 aliphatic carbocycles. The Hall–Kier alpha value is -11.9. The number of aliphatic imine (C=N–C) groups is 1. The van der Waals surface area contributed by atoms with Crippen molar-refractivity contribution in [1.82, 2.24) is 68.7 Å². The first-order chi connectivity index (χ1) is 55.1. The summed E-state index contributed by atoms with van der Waals surface area (Å²) < 4.78 is 0. The minimum atomic E-state index is -1.95. The molecule has 1 aliphatic rings. The van der Waals surface area contributed by atoms with Crippen LogP contribution in [0.2, 0.25) is 0 Å². The Kier molecular flexibility index (Phi) is 43.4. The second-order valence-corrected chi connectivity index (χ2v) is 30.0. The van der Waals surface area contributed by atoms with Crippen LogP contribution in [0.5, 0.6) is 0 Å². The average Bonchev–Trinajstić information content (AvgIpc) is 1.74. The number of unbranched alkanes of at least 4 members (excludes halogenated alkanes) is 1. The van der Waals surface area contributed by atoms with Crippen LogP contribution in [0, 0.1) is 17.8 Å². The number of amides is 15. The summed E-state index contributed by atoms with van der Waals surface area (Å²) >= 11 is 0. The Balaban J connectivity index is 1.88. The largest absolute Gasteiger partial charge is 0.481 e. The van der Waals surface area contributed by atoms with Crippen molar-refractivity contribution in [2.75, 3.05) is 26.2 Å². The molecule has 41 nitrogen and oxygen atoms in total. The zero-order valence-corrected chi connectivity index (χ0v) is 67.1. The van der Waals surface area contributed by atoms with Crippen LogP contribution in [0.4, 0.5) is 0 Å². The lowest BCUT2D eigenvalue weighted by Crippen LogP contribution is -2.60. The summed E-state index contributed by atoms with van der Waals surface area (Å²) in [6.07, 6.45) is -3.32. The van der Waals surface area contributed by atoms with Gasteiger partial charge in [-0.05, 0) is 119 Å². The monoisotopic (exact) mass is 1650 g/mol. The van der Waals surface area contributed by atoms with Crippen molar-refractivity contribution >= 4 is 112 Å². The van der Waals surface area contributed by atoms with E-state index in [1.165, 1.54) is 6.92 Å². The Bertz CT molecular complexity index is 3770. The number of carboxylic acid groups (broad SMARTS) is 3. The molecule has 41 heteroatoms. The second kappa shape index (κ2) is 51.1. The molecule has 1 saturated heterocycles. The molecular weight excluding hydrogens is 1530 g/mol. The zero-order chi connectivity index (χ0) is 87.8. The molecule has 0 unspecified atom stereocenters. The third kappa shape index (κ3) is 37.9. The molecule has 0 aromatic heterocycles. The molecular formula is C76H118N20O21. The lowest BCUT2D eigenvalue weighted by molar-refractivity contribution is -0.143. The van der Waals surface area contributed by atoms with E-state index in [2.05, 4.69) is 68.8 Å². The Morgan fingerprint density at radius 1 is 0.444 bits per heavy atom. The topological polar surface area (TPSA) is 684 Å². The number of carboxylic acids is 3.